The van der Waals surface area contributed by atoms with Crippen LogP contribution >= 0.6 is 0 Å². The molecule has 4 nitrogen and oxygen atoms in total. The van der Waals surface area contributed by atoms with Crippen molar-refractivity contribution < 1.29 is 8.83 Å². The van der Waals surface area contributed by atoms with Crippen LogP contribution in [0.3, 0.4) is 0 Å². The Bertz CT molecular complexity index is 5000. The monoisotopic (exact) mass is 968 g/mol. The van der Waals surface area contributed by atoms with E-state index in [1.54, 1.807) is 0 Å². The summed E-state index contributed by atoms with van der Waals surface area (Å²) in [5.74, 6) is 0. The smallest absolute Gasteiger partial charge is 0.138 e. The van der Waals surface area contributed by atoms with Crippen LogP contribution in [0.1, 0.15) is 0 Å². The molecule has 0 aliphatic heterocycles. The molecule has 16 aromatic rings. The number of fused-ring (bicyclic) bond motifs is 16. The zero-order chi connectivity index (χ0) is 49.8. The van der Waals surface area contributed by atoms with E-state index in [9.17, 15) is 0 Å². The minimum Gasteiger partial charge on any atom is -0.456 e. The van der Waals surface area contributed by atoms with Gasteiger partial charge in [-0.25, -0.2) is 0 Å². The molecule has 2 aromatic heterocycles. The van der Waals surface area contributed by atoms with Crippen molar-refractivity contribution in [2.45, 2.75) is 0 Å². The highest BCUT2D eigenvalue weighted by molar-refractivity contribution is 6.30. The molecule has 0 saturated heterocycles. The number of furan rings is 2. The normalized spacial score (nSPS) is 11.9. The summed E-state index contributed by atoms with van der Waals surface area (Å²) in [7, 11) is 0. The number of rotatable bonds is 7. The van der Waals surface area contributed by atoms with Gasteiger partial charge in [0.2, 0.25) is 0 Å². The van der Waals surface area contributed by atoms with E-state index in [2.05, 4.69) is 277 Å². The van der Waals surface area contributed by atoms with E-state index in [0.717, 1.165) is 116 Å². The fraction of sp³-hybridized carbons (Fsp3) is 0. The highest BCUT2D eigenvalue weighted by Gasteiger charge is 2.25. The van der Waals surface area contributed by atoms with Crippen LogP contribution in [-0.2, 0) is 0 Å². The Morgan fingerprint density at radius 1 is 0.224 bits per heavy atom. The van der Waals surface area contributed by atoms with Gasteiger partial charge in [-0.3, -0.25) is 0 Å². The van der Waals surface area contributed by atoms with Gasteiger partial charge in [-0.1, -0.05) is 188 Å². The maximum absolute atomic E-state index is 6.87. The van der Waals surface area contributed by atoms with Crippen molar-refractivity contribution in [1.29, 1.82) is 0 Å². The molecule has 0 unspecified atom stereocenters. The maximum atomic E-state index is 6.87. The lowest BCUT2D eigenvalue weighted by atomic mass is 9.93. The molecule has 0 radical (unpaired) electrons. The average molecular weight is 969 g/mol. The zero-order valence-electron chi connectivity index (χ0n) is 41.1. The van der Waals surface area contributed by atoms with Gasteiger partial charge in [0, 0.05) is 66.9 Å². The summed E-state index contributed by atoms with van der Waals surface area (Å²) in [6.45, 7) is 0. The van der Waals surface area contributed by atoms with Gasteiger partial charge in [0.1, 0.15) is 22.3 Å². The quantitative estimate of drug-likeness (QED) is 0.149. The minimum absolute atomic E-state index is 0.858. The second kappa shape index (κ2) is 16.7. The maximum Gasteiger partial charge on any atom is 0.138 e. The number of benzene rings is 14. The Morgan fingerprint density at radius 3 is 1.17 bits per heavy atom. The van der Waals surface area contributed by atoms with Crippen LogP contribution in [0.25, 0.3) is 120 Å². The highest BCUT2D eigenvalue weighted by atomic mass is 16.3. The Labute approximate surface area is 437 Å². The van der Waals surface area contributed by atoms with Gasteiger partial charge < -0.3 is 18.6 Å². The van der Waals surface area contributed by atoms with Crippen molar-refractivity contribution in [3.63, 3.8) is 0 Å². The molecular weight excluding hydrogens is 925 g/mol. The summed E-state index contributed by atoms with van der Waals surface area (Å²) < 4.78 is 13.7. The number of nitrogens with zero attached hydrogens (tertiary/aromatic N) is 2. The molecule has 76 heavy (non-hydrogen) atoms. The summed E-state index contributed by atoms with van der Waals surface area (Å²) in [5.41, 5.74) is 12.1. The van der Waals surface area contributed by atoms with Crippen LogP contribution in [0.4, 0.5) is 34.1 Å². The SMILES string of the molecule is c1ccc(N(c2ccc(-c3ccc(N(c4ccccc4)c4cc5oc6ccc7ccccc7c6c5c5ccccc45)c4cc5ccccc5cc34)cc2)c2cc3oc4ccc5ccccc5c4c3c3ccccc23)cc1. The summed E-state index contributed by atoms with van der Waals surface area (Å²) >= 11 is 0. The molecule has 0 N–H and O–H groups in total. The van der Waals surface area contributed by atoms with Crippen molar-refractivity contribution in [2.24, 2.45) is 0 Å². The number of hydrogen-bond acceptors (Lipinski definition) is 4. The molecule has 0 spiro atoms. The summed E-state index contributed by atoms with van der Waals surface area (Å²) in [5, 5.41) is 18.6. The van der Waals surface area contributed by atoms with E-state index in [4.69, 9.17) is 8.83 Å². The Morgan fingerprint density at radius 2 is 0.632 bits per heavy atom. The topological polar surface area (TPSA) is 32.8 Å². The molecule has 0 fully saturated rings. The standard InChI is InChI=1S/C72H44N2O2/c1-3-21-50(22-4-1)73(63-43-67-71(58-29-15-13-27-56(58)63)69-54-25-11-9-17-45(54)33-39-65(69)75-67)52-35-31-47(32-36-52)53-37-38-62(61-42-49-20-8-7-19-48(49)41-60(53)61)74(51-23-5-2-6-24-51)64-44-68-72(59-30-16-14-28-57(59)64)70-55-26-12-10-18-46(55)34-40-66(70)76-68/h1-44H. The van der Waals surface area contributed by atoms with Gasteiger partial charge in [-0.15, -0.1) is 0 Å². The molecular formula is C72H44N2O2. The van der Waals surface area contributed by atoms with Crippen molar-refractivity contribution in [1.82, 2.24) is 0 Å². The fourth-order valence-electron chi connectivity index (χ4n) is 12.4. The third kappa shape index (κ3) is 6.44. The Kier molecular flexibility index (Phi) is 9.30. The predicted molar refractivity (Wildman–Crippen MR) is 321 cm³/mol. The first-order chi connectivity index (χ1) is 37.7. The van der Waals surface area contributed by atoms with Crippen LogP contribution in [-0.4, -0.2) is 0 Å². The third-order valence-electron chi connectivity index (χ3n) is 15.7. The lowest BCUT2D eigenvalue weighted by Gasteiger charge is -2.29. The number of anilines is 6. The van der Waals surface area contributed by atoms with Gasteiger partial charge in [-0.2, -0.15) is 0 Å². The van der Waals surface area contributed by atoms with E-state index < -0.39 is 0 Å². The van der Waals surface area contributed by atoms with Gasteiger partial charge in [0.05, 0.1) is 17.1 Å². The molecule has 0 bridgehead atoms. The van der Waals surface area contributed by atoms with Crippen molar-refractivity contribution in [2.75, 3.05) is 9.80 Å². The third-order valence-corrected chi connectivity index (χ3v) is 15.7. The van der Waals surface area contributed by atoms with Crippen LogP contribution < -0.4 is 9.80 Å². The van der Waals surface area contributed by atoms with Crippen LogP contribution in [0, 0.1) is 0 Å². The molecule has 0 aliphatic carbocycles. The first-order valence-corrected chi connectivity index (χ1v) is 26.0. The number of hydrogen-bond donors (Lipinski definition) is 0. The van der Waals surface area contributed by atoms with Gasteiger partial charge in [0.25, 0.3) is 0 Å². The largest absolute Gasteiger partial charge is 0.456 e. The van der Waals surface area contributed by atoms with Crippen molar-refractivity contribution in [3.8, 4) is 11.1 Å². The summed E-state index contributed by atoms with van der Waals surface area (Å²) in [4.78, 5) is 4.80. The zero-order valence-corrected chi connectivity index (χ0v) is 41.1. The molecule has 0 aliphatic rings. The molecule has 0 saturated carbocycles. The predicted octanol–water partition coefficient (Wildman–Crippen LogP) is 21.0. The van der Waals surface area contributed by atoms with E-state index >= 15 is 0 Å². The van der Waals surface area contributed by atoms with Gasteiger partial charge in [0.15, 0.2) is 0 Å². The van der Waals surface area contributed by atoms with Crippen molar-refractivity contribution in [3.05, 3.63) is 267 Å². The first-order valence-electron chi connectivity index (χ1n) is 26.0. The van der Waals surface area contributed by atoms with E-state index in [-0.39, 0.29) is 0 Å². The van der Waals surface area contributed by atoms with Gasteiger partial charge in [-0.05, 0) is 126 Å². The molecule has 2 heterocycles. The molecule has 14 aromatic carbocycles. The van der Waals surface area contributed by atoms with Crippen LogP contribution in [0.2, 0.25) is 0 Å². The lowest BCUT2D eigenvalue weighted by Crippen LogP contribution is -2.11. The van der Waals surface area contributed by atoms with Crippen LogP contribution in [0.5, 0.6) is 0 Å². The van der Waals surface area contributed by atoms with Crippen molar-refractivity contribution >= 4 is 143 Å². The second-order valence-corrected chi connectivity index (χ2v) is 19.9. The number of para-hydroxylation sites is 2. The minimum atomic E-state index is 0.858. The Hall–Kier alpha value is -10.2. The summed E-state index contributed by atoms with van der Waals surface area (Å²) in [6.07, 6.45) is 0. The van der Waals surface area contributed by atoms with Gasteiger partial charge >= 0.3 is 0 Å². The van der Waals surface area contributed by atoms with E-state index in [1.807, 2.05) is 0 Å². The van der Waals surface area contributed by atoms with Crippen LogP contribution in [0.15, 0.2) is 276 Å². The second-order valence-electron chi connectivity index (χ2n) is 19.9. The molecule has 0 atom stereocenters. The van der Waals surface area contributed by atoms with E-state index in [0.29, 0.717) is 0 Å². The highest BCUT2D eigenvalue weighted by Crippen LogP contribution is 2.50. The average Bonchev–Trinajstić information content (AvgIpc) is 4.15. The fourth-order valence-corrected chi connectivity index (χ4v) is 12.4. The molecule has 16 rings (SSSR count). The molecule has 0 amide bonds. The molecule has 354 valence electrons. The summed E-state index contributed by atoms with van der Waals surface area (Å²) in [6, 6.07) is 96.4. The first kappa shape index (κ1) is 42.4. The Balaban J connectivity index is 0.886. The van der Waals surface area contributed by atoms with E-state index in [1.165, 1.54) is 37.7 Å². The molecule has 4 heteroatoms. The lowest BCUT2D eigenvalue weighted by molar-refractivity contribution is 0.669.